The van der Waals surface area contributed by atoms with Crippen LogP contribution in [-0.2, 0) is 16.6 Å². The summed E-state index contributed by atoms with van der Waals surface area (Å²) in [5.74, 6) is 0. The molecule has 0 aliphatic carbocycles. The van der Waals surface area contributed by atoms with Crippen LogP contribution in [0.3, 0.4) is 0 Å². The number of halogens is 2. The molecule has 0 aliphatic heterocycles. The zero-order valence-electron chi connectivity index (χ0n) is 12.1. The van der Waals surface area contributed by atoms with Crippen LogP contribution in [0.2, 0.25) is 10.0 Å². The van der Waals surface area contributed by atoms with Crippen LogP contribution >= 0.6 is 23.2 Å². The highest BCUT2D eigenvalue weighted by molar-refractivity contribution is 7.89. The van der Waals surface area contributed by atoms with Crippen molar-refractivity contribution in [2.75, 3.05) is 13.6 Å². The first-order valence-corrected chi connectivity index (χ1v) is 8.33. The van der Waals surface area contributed by atoms with Gasteiger partial charge >= 0.3 is 0 Å². The van der Waals surface area contributed by atoms with Gasteiger partial charge in [0.25, 0.3) is 0 Å². The van der Waals surface area contributed by atoms with Crippen molar-refractivity contribution in [1.29, 1.82) is 0 Å². The lowest BCUT2D eigenvalue weighted by Gasteiger charge is -2.26. The number of sulfonamides is 1. The van der Waals surface area contributed by atoms with Crippen LogP contribution in [-0.4, -0.2) is 26.3 Å². The molecular weight excluding hydrogens is 319 g/mol. The topological polar surface area (TPSA) is 63.4 Å². The molecule has 114 valence electrons. The van der Waals surface area contributed by atoms with Crippen LogP contribution in [0.1, 0.15) is 26.3 Å². The van der Waals surface area contributed by atoms with Gasteiger partial charge in [-0.25, -0.2) is 12.7 Å². The second-order valence-corrected chi connectivity index (χ2v) is 8.73. The summed E-state index contributed by atoms with van der Waals surface area (Å²) in [7, 11) is -2.17. The van der Waals surface area contributed by atoms with Crippen LogP contribution in [0.25, 0.3) is 0 Å². The molecule has 0 saturated heterocycles. The summed E-state index contributed by atoms with van der Waals surface area (Å²) in [5.41, 5.74) is 5.91. The summed E-state index contributed by atoms with van der Waals surface area (Å²) in [4.78, 5) is -0.00105. The van der Waals surface area contributed by atoms with Crippen LogP contribution < -0.4 is 5.73 Å². The molecule has 20 heavy (non-hydrogen) atoms. The molecule has 1 aromatic carbocycles. The molecule has 0 aromatic heterocycles. The Morgan fingerprint density at radius 1 is 1.25 bits per heavy atom. The van der Waals surface area contributed by atoms with Gasteiger partial charge in [0.05, 0.1) is 5.02 Å². The lowest BCUT2D eigenvalue weighted by Crippen LogP contribution is -2.34. The van der Waals surface area contributed by atoms with Crippen LogP contribution in [0.4, 0.5) is 0 Å². The molecule has 4 nitrogen and oxygen atoms in total. The first-order chi connectivity index (χ1) is 8.99. The van der Waals surface area contributed by atoms with E-state index in [2.05, 4.69) is 0 Å². The summed E-state index contributed by atoms with van der Waals surface area (Å²) in [6, 6.07) is 2.93. The maximum atomic E-state index is 12.6. The largest absolute Gasteiger partial charge is 0.326 e. The van der Waals surface area contributed by atoms with Crippen molar-refractivity contribution in [2.24, 2.45) is 11.1 Å². The van der Waals surface area contributed by atoms with E-state index in [0.29, 0.717) is 17.1 Å². The zero-order chi connectivity index (χ0) is 15.7. The molecule has 0 heterocycles. The molecule has 7 heteroatoms. The average molecular weight is 339 g/mol. The molecule has 0 fully saturated rings. The summed E-state index contributed by atoms with van der Waals surface area (Å²) in [6.45, 7) is 6.39. The molecule has 0 amide bonds. The maximum absolute atomic E-state index is 12.6. The van der Waals surface area contributed by atoms with Crippen LogP contribution in [0.15, 0.2) is 17.0 Å². The van der Waals surface area contributed by atoms with Gasteiger partial charge in [0.2, 0.25) is 10.0 Å². The Bertz CT molecular complexity index is 595. The molecule has 0 saturated carbocycles. The minimum absolute atomic E-state index is 0.00105. The third-order valence-corrected chi connectivity index (χ3v) is 5.29. The van der Waals surface area contributed by atoms with Gasteiger partial charge in [0.1, 0.15) is 4.90 Å². The number of hydrogen-bond acceptors (Lipinski definition) is 3. The average Bonchev–Trinajstić information content (AvgIpc) is 2.29. The fourth-order valence-corrected chi connectivity index (χ4v) is 4.19. The van der Waals surface area contributed by atoms with Gasteiger partial charge in [-0.1, -0.05) is 44.0 Å². The fraction of sp³-hybridized carbons (Fsp3) is 0.538. The second-order valence-electron chi connectivity index (χ2n) is 5.90. The Morgan fingerprint density at radius 3 is 2.25 bits per heavy atom. The highest BCUT2D eigenvalue weighted by Gasteiger charge is 2.28. The SMILES string of the molecule is CN(CC(C)(C)C)S(=O)(=O)c1cc(Cl)cc(CN)c1Cl. The van der Waals surface area contributed by atoms with Crippen molar-refractivity contribution in [1.82, 2.24) is 4.31 Å². The summed E-state index contributed by atoms with van der Waals surface area (Å²) in [6.07, 6.45) is 0. The Kier molecular flexibility index (Phi) is 5.49. The molecule has 0 bridgehead atoms. The quantitative estimate of drug-likeness (QED) is 0.917. The zero-order valence-corrected chi connectivity index (χ0v) is 14.4. The third kappa shape index (κ3) is 4.09. The van der Waals surface area contributed by atoms with E-state index in [1.54, 1.807) is 6.07 Å². The van der Waals surface area contributed by atoms with Crippen molar-refractivity contribution in [3.63, 3.8) is 0 Å². The van der Waals surface area contributed by atoms with E-state index < -0.39 is 10.0 Å². The summed E-state index contributed by atoms with van der Waals surface area (Å²) < 4.78 is 26.5. The Balaban J connectivity index is 3.32. The smallest absolute Gasteiger partial charge is 0.244 e. The fourth-order valence-electron chi connectivity index (χ4n) is 1.88. The van der Waals surface area contributed by atoms with Gasteiger partial charge < -0.3 is 5.73 Å². The molecular formula is C13H20Cl2N2O2S. The predicted octanol–water partition coefficient (Wildman–Crippen LogP) is 3.12. The molecule has 0 aliphatic rings. The maximum Gasteiger partial charge on any atom is 0.244 e. The van der Waals surface area contributed by atoms with E-state index in [1.807, 2.05) is 20.8 Å². The Labute approximate surface area is 130 Å². The number of rotatable bonds is 4. The van der Waals surface area contributed by atoms with Crippen LogP contribution in [0, 0.1) is 5.41 Å². The summed E-state index contributed by atoms with van der Waals surface area (Å²) >= 11 is 12.1. The molecule has 1 rings (SSSR count). The van der Waals surface area contributed by atoms with Gasteiger partial charge in [-0.3, -0.25) is 0 Å². The minimum Gasteiger partial charge on any atom is -0.326 e. The highest BCUT2D eigenvalue weighted by Crippen LogP contribution is 2.31. The monoisotopic (exact) mass is 338 g/mol. The van der Waals surface area contributed by atoms with E-state index in [9.17, 15) is 8.42 Å². The van der Waals surface area contributed by atoms with Gasteiger partial charge in [0, 0.05) is 25.2 Å². The lowest BCUT2D eigenvalue weighted by molar-refractivity contribution is 0.311. The number of benzene rings is 1. The van der Waals surface area contributed by atoms with Crippen LogP contribution in [0.5, 0.6) is 0 Å². The van der Waals surface area contributed by atoms with E-state index in [-0.39, 0.29) is 21.9 Å². The van der Waals surface area contributed by atoms with E-state index >= 15 is 0 Å². The number of nitrogens with zero attached hydrogens (tertiary/aromatic N) is 1. The molecule has 0 unspecified atom stereocenters. The second kappa shape index (κ2) is 6.20. The first-order valence-electron chi connectivity index (χ1n) is 6.13. The van der Waals surface area contributed by atoms with Gasteiger partial charge in [-0.15, -0.1) is 0 Å². The molecule has 0 spiro atoms. The normalized spacial score (nSPS) is 13.0. The first kappa shape index (κ1) is 17.7. The Hall–Kier alpha value is -0.330. The highest BCUT2D eigenvalue weighted by atomic mass is 35.5. The standard InChI is InChI=1S/C13H20Cl2N2O2S/c1-13(2,3)8-17(4)20(18,19)11-6-10(14)5-9(7-16)12(11)15/h5-6H,7-8,16H2,1-4H3. The minimum atomic E-state index is -3.70. The molecule has 0 atom stereocenters. The lowest BCUT2D eigenvalue weighted by atomic mass is 9.97. The molecule has 2 N–H and O–H groups in total. The summed E-state index contributed by atoms with van der Waals surface area (Å²) in [5, 5.41) is 0.440. The van der Waals surface area contributed by atoms with Gasteiger partial charge in [-0.2, -0.15) is 0 Å². The Morgan fingerprint density at radius 2 is 1.80 bits per heavy atom. The number of nitrogens with two attached hydrogens (primary N) is 1. The van der Waals surface area contributed by atoms with Gasteiger partial charge in [0.15, 0.2) is 0 Å². The van der Waals surface area contributed by atoms with Crippen molar-refractivity contribution in [3.8, 4) is 0 Å². The van der Waals surface area contributed by atoms with E-state index in [0.717, 1.165) is 0 Å². The van der Waals surface area contributed by atoms with Gasteiger partial charge in [-0.05, 0) is 23.1 Å². The molecule has 0 radical (unpaired) electrons. The van der Waals surface area contributed by atoms with Crippen molar-refractivity contribution in [2.45, 2.75) is 32.2 Å². The van der Waals surface area contributed by atoms with Crippen molar-refractivity contribution >= 4 is 33.2 Å². The third-order valence-electron chi connectivity index (χ3n) is 2.68. The number of hydrogen-bond donors (Lipinski definition) is 1. The van der Waals surface area contributed by atoms with E-state index in [1.165, 1.54) is 17.4 Å². The predicted molar refractivity (Wildman–Crippen MR) is 83.6 cm³/mol. The van der Waals surface area contributed by atoms with Crippen molar-refractivity contribution in [3.05, 3.63) is 27.7 Å². The molecule has 1 aromatic rings. The van der Waals surface area contributed by atoms with E-state index in [4.69, 9.17) is 28.9 Å². The van der Waals surface area contributed by atoms with Crippen molar-refractivity contribution < 1.29 is 8.42 Å².